The smallest absolute Gasteiger partial charge is 0.231 e. The standard InChI is InChI=1S/C11H14N2O2/c1-3-14-6-7-15-11-10(8-12)9(2)4-5-13-11/h4-5H,3,6-7H2,1-2H3. The van der Waals surface area contributed by atoms with Crippen LogP contribution in [0.15, 0.2) is 12.3 Å². The Morgan fingerprint density at radius 1 is 1.47 bits per heavy atom. The Balaban J connectivity index is 2.61. The third-order valence-corrected chi connectivity index (χ3v) is 1.91. The molecule has 0 saturated heterocycles. The lowest BCUT2D eigenvalue weighted by atomic mass is 10.2. The average molecular weight is 206 g/mol. The maximum atomic E-state index is 8.90. The molecule has 0 fully saturated rings. The van der Waals surface area contributed by atoms with Crippen LogP contribution >= 0.6 is 0 Å². The van der Waals surface area contributed by atoms with Gasteiger partial charge >= 0.3 is 0 Å². The van der Waals surface area contributed by atoms with Crippen molar-refractivity contribution in [3.8, 4) is 11.9 Å². The van der Waals surface area contributed by atoms with Crippen LogP contribution in [0.5, 0.6) is 5.88 Å². The molecule has 0 aliphatic heterocycles. The van der Waals surface area contributed by atoms with Crippen molar-refractivity contribution in [3.63, 3.8) is 0 Å². The van der Waals surface area contributed by atoms with Crippen molar-refractivity contribution in [1.82, 2.24) is 4.98 Å². The van der Waals surface area contributed by atoms with E-state index in [1.54, 1.807) is 12.3 Å². The van der Waals surface area contributed by atoms with Gasteiger partial charge in [-0.05, 0) is 25.5 Å². The molecular formula is C11H14N2O2. The molecule has 0 radical (unpaired) electrons. The summed E-state index contributed by atoms with van der Waals surface area (Å²) in [5.41, 5.74) is 1.37. The van der Waals surface area contributed by atoms with E-state index >= 15 is 0 Å². The molecule has 0 unspecified atom stereocenters. The summed E-state index contributed by atoms with van der Waals surface area (Å²) in [4.78, 5) is 4.01. The van der Waals surface area contributed by atoms with Crippen LogP contribution in [0.3, 0.4) is 0 Å². The van der Waals surface area contributed by atoms with E-state index in [2.05, 4.69) is 11.1 Å². The summed E-state index contributed by atoms with van der Waals surface area (Å²) < 4.78 is 10.5. The molecule has 4 heteroatoms. The SMILES string of the molecule is CCOCCOc1nccc(C)c1C#N. The van der Waals surface area contributed by atoms with Gasteiger partial charge < -0.3 is 9.47 Å². The normalized spacial score (nSPS) is 9.67. The molecule has 4 nitrogen and oxygen atoms in total. The number of hydrogen-bond acceptors (Lipinski definition) is 4. The monoisotopic (exact) mass is 206 g/mol. The van der Waals surface area contributed by atoms with Crippen molar-refractivity contribution in [2.24, 2.45) is 0 Å². The number of hydrogen-bond donors (Lipinski definition) is 0. The Morgan fingerprint density at radius 3 is 2.93 bits per heavy atom. The van der Waals surface area contributed by atoms with Gasteiger partial charge in [0.25, 0.3) is 0 Å². The van der Waals surface area contributed by atoms with Gasteiger partial charge in [-0.3, -0.25) is 0 Å². The van der Waals surface area contributed by atoms with Gasteiger partial charge in [0.2, 0.25) is 5.88 Å². The van der Waals surface area contributed by atoms with E-state index in [0.29, 0.717) is 31.3 Å². The van der Waals surface area contributed by atoms with Crippen LogP contribution in [0.1, 0.15) is 18.1 Å². The van der Waals surface area contributed by atoms with Crippen LogP contribution in [-0.2, 0) is 4.74 Å². The fourth-order valence-corrected chi connectivity index (χ4v) is 1.12. The van der Waals surface area contributed by atoms with E-state index in [1.807, 2.05) is 13.8 Å². The minimum atomic E-state index is 0.386. The summed E-state index contributed by atoms with van der Waals surface area (Å²) in [5.74, 6) is 0.386. The molecule has 0 bridgehead atoms. The van der Waals surface area contributed by atoms with E-state index in [9.17, 15) is 0 Å². The second kappa shape index (κ2) is 5.99. The zero-order chi connectivity index (χ0) is 11.1. The quantitative estimate of drug-likeness (QED) is 0.688. The summed E-state index contributed by atoms with van der Waals surface area (Å²) >= 11 is 0. The predicted octanol–water partition coefficient (Wildman–Crippen LogP) is 1.68. The van der Waals surface area contributed by atoms with E-state index in [0.717, 1.165) is 5.56 Å². The second-order valence-corrected chi connectivity index (χ2v) is 2.97. The largest absolute Gasteiger partial charge is 0.474 e. The van der Waals surface area contributed by atoms with Crippen molar-refractivity contribution >= 4 is 0 Å². The van der Waals surface area contributed by atoms with Crippen LogP contribution in [0, 0.1) is 18.3 Å². The van der Waals surface area contributed by atoms with Crippen molar-refractivity contribution in [2.75, 3.05) is 19.8 Å². The van der Waals surface area contributed by atoms with Crippen LogP contribution in [0.2, 0.25) is 0 Å². The Labute approximate surface area is 89.5 Å². The Bertz CT molecular complexity index is 358. The fraction of sp³-hybridized carbons (Fsp3) is 0.455. The van der Waals surface area contributed by atoms with Gasteiger partial charge in [-0.1, -0.05) is 0 Å². The van der Waals surface area contributed by atoms with Crippen molar-refractivity contribution in [3.05, 3.63) is 23.4 Å². The highest BCUT2D eigenvalue weighted by Crippen LogP contribution is 2.17. The van der Waals surface area contributed by atoms with Gasteiger partial charge in [-0.15, -0.1) is 0 Å². The molecule has 0 spiro atoms. The number of ether oxygens (including phenoxy) is 2. The molecule has 1 rings (SSSR count). The molecule has 1 aromatic heterocycles. The lowest BCUT2D eigenvalue weighted by Gasteiger charge is -2.07. The highest BCUT2D eigenvalue weighted by Gasteiger charge is 2.06. The first kappa shape index (κ1) is 11.5. The van der Waals surface area contributed by atoms with E-state index in [-0.39, 0.29) is 0 Å². The van der Waals surface area contributed by atoms with E-state index < -0.39 is 0 Å². The van der Waals surface area contributed by atoms with Crippen molar-refractivity contribution < 1.29 is 9.47 Å². The highest BCUT2D eigenvalue weighted by atomic mass is 16.5. The molecule has 1 heterocycles. The van der Waals surface area contributed by atoms with Gasteiger partial charge in [0.1, 0.15) is 18.2 Å². The molecule has 1 aromatic rings. The van der Waals surface area contributed by atoms with E-state index in [1.165, 1.54) is 0 Å². The van der Waals surface area contributed by atoms with E-state index in [4.69, 9.17) is 14.7 Å². The molecule has 15 heavy (non-hydrogen) atoms. The lowest BCUT2D eigenvalue weighted by molar-refractivity contribution is 0.108. The minimum absolute atomic E-state index is 0.386. The molecular weight excluding hydrogens is 192 g/mol. The third kappa shape index (κ3) is 3.22. The first-order valence-corrected chi connectivity index (χ1v) is 4.85. The molecule has 0 aromatic carbocycles. The van der Waals surface area contributed by atoms with Gasteiger partial charge in [0, 0.05) is 12.8 Å². The van der Waals surface area contributed by atoms with Crippen LogP contribution in [0.25, 0.3) is 0 Å². The molecule has 0 atom stereocenters. The zero-order valence-electron chi connectivity index (χ0n) is 8.99. The van der Waals surface area contributed by atoms with Gasteiger partial charge in [-0.25, -0.2) is 4.98 Å². The number of aromatic nitrogens is 1. The summed E-state index contributed by atoms with van der Waals surface area (Å²) in [6.45, 7) is 5.37. The molecule has 0 saturated carbocycles. The number of rotatable bonds is 5. The maximum absolute atomic E-state index is 8.90. The van der Waals surface area contributed by atoms with Crippen LogP contribution in [-0.4, -0.2) is 24.8 Å². The van der Waals surface area contributed by atoms with Crippen LogP contribution < -0.4 is 4.74 Å². The first-order valence-electron chi connectivity index (χ1n) is 4.85. The fourth-order valence-electron chi connectivity index (χ4n) is 1.12. The van der Waals surface area contributed by atoms with Gasteiger partial charge in [0.05, 0.1) is 6.61 Å². The van der Waals surface area contributed by atoms with Crippen molar-refractivity contribution in [1.29, 1.82) is 5.26 Å². The third-order valence-electron chi connectivity index (χ3n) is 1.91. The summed E-state index contributed by atoms with van der Waals surface area (Å²) in [7, 11) is 0. The van der Waals surface area contributed by atoms with Gasteiger partial charge in [0.15, 0.2) is 0 Å². The molecule has 80 valence electrons. The Kier molecular flexibility index (Phi) is 4.58. The number of nitriles is 1. The predicted molar refractivity (Wildman–Crippen MR) is 55.7 cm³/mol. The molecule has 0 aliphatic carbocycles. The molecule has 0 amide bonds. The highest BCUT2D eigenvalue weighted by molar-refractivity contribution is 5.43. The zero-order valence-corrected chi connectivity index (χ0v) is 8.99. The van der Waals surface area contributed by atoms with Gasteiger partial charge in [-0.2, -0.15) is 5.26 Å². The second-order valence-electron chi connectivity index (χ2n) is 2.97. The Hall–Kier alpha value is -1.60. The number of aryl methyl sites for hydroxylation is 1. The summed E-state index contributed by atoms with van der Waals surface area (Å²) in [5, 5.41) is 8.90. The summed E-state index contributed by atoms with van der Waals surface area (Å²) in [6.07, 6.45) is 1.63. The average Bonchev–Trinajstić information content (AvgIpc) is 2.24. The first-order chi connectivity index (χ1) is 7.29. The summed E-state index contributed by atoms with van der Waals surface area (Å²) in [6, 6.07) is 3.86. The number of pyridine rings is 1. The lowest BCUT2D eigenvalue weighted by Crippen LogP contribution is -2.08. The maximum Gasteiger partial charge on any atom is 0.231 e. The molecule has 0 N–H and O–H groups in total. The molecule has 0 aliphatic rings. The van der Waals surface area contributed by atoms with Crippen molar-refractivity contribution in [2.45, 2.75) is 13.8 Å². The number of nitrogens with zero attached hydrogens (tertiary/aromatic N) is 2. The van der Waals surface area contributed by atoms with Crippen LogP contribution in [0.4, 0.5) is 0 Å². The Morgan fingerprint density at radius 2 is 2.27 bits per heavy atom. The minimum Gasteiger partial charge on any atom is -0.474 e. The topological polar surface area (TPSA) is 55.1 Å².